The molecule has 1 unspecified atom stereocenters. The van der Waals surface area contributed by atoms with Gasteiger partial charge in [0.1, 0.15) is 12.4 Å². The van der Waals surface area contributed by atoms with E-state index in [0.29, 0.717) is 6.54 Å². The minimum atomic E-state index is -0.306. The van der Waals surface area contributed by atoms with Gasteiger partial charge in [-0.1, -0.05) is 0 Å². The van der Waals surface area contributed by atoms with Crippen LogP contribution in [-0.2, 0) is 9.53 Å². The lowest BCUT2D eigenvalue weighted by Crippen LogP contribution is -2.37. The zero-order valence-electron chi connectivity index (χ0n) is 12.4. The summed E-state index contributed by atoms with van der Waals surface area (Å²) in [5.74, 6) is 0.718. The molecule has 0 aliphatic carbocycles. The van der Waals surface area contributed by atoms with Crippen molar-refractivity contribution in [2.75, 3.05) is 27.2 Å². The predicted molar refractivity (Wildman–Crippen MR) is 73.9 cm³/mol. The molecule has 108 valence electrons. The van der Waals surface area contributed by atoms with Crippen molar-refractivity contribution in [3.05, 3.63) is 24.2 Å². The number of amides is 1. The Bertz CT molecular complexity index is 380. The van der Waals surface area contributed by atoms with Crippen molar-refractivity contribution in [1.82, 2.24) is 10.2 Å². The molecule has 0 saturated carbocycles. The fraction of sp³-hybridized carbons (Fsp3) is 0.643. The predicted octanol–water partition coefficient (Wildman–Crippen LogP) is 1.81. The Labute approximate surface area is 114 Å². The molecule has 5 nitrogen and oxygen atoms in total. The van der Waals surface area contributed by atoms with Crippen LogP contribution in [0.4, 0.5) is 0 Å². The van der Waals surface area contributed by atoms with Gasteiger partial charge in [-0.2, -0.15) is 0 Å². The highest BCUT2D eigenvalue weighted by Crippen LogP contribution is 2.17. The van der Waals surface area contributed by atoms with Gasteiger partial charge in [0.15, 0.2) is 0 Å². The standard InChI is InChI=1S/C14H24N2O3/c1-14(2,3)19-10-13(17)15-9-11(16(4)5)12-7-6-8-18-12/h6-8,11H,9-10H2,1-5H3,(H,15,17). The van der Waals surface area contributed by atoms with E-state index in [9.17, 15) is 4.79 Å². The number of hydrogen-bond acceptors (Lipinski definition) is 4. The molecule has 1 N–H and O–H groups in total. The topological polar surface area (TPSA) is 54.7 Å². The zero-order chi connectivity index (χ0) is 14.5. The Hall–Kier alpha value is -1.33. The van der Waals surface area contributed by atoms with E-state index in [2.05, 4.69) is 5.32 Å². The molecule has 1 rings (SSSR count). The smallest absolute Gasteiger partial charge is 0.246 e. The molecule has 0 aliphatic heterocycles. The lowest BCUT2D eigenvalue weighted by atomic mass is 10.2. The van der Waals surface area contributed by atoms with E-state index in [1.165, 1.54) is 0 Å². The van der Waals surface area contributed by atoms with E-state index >= 15 is 0 Å². The third kappa shape index (κ3) is 5.89. The third-order valence-corrected chi connectivity index (χ3v) is 2.62. The van der Waals surface area contributed by atoms with Gasteiger partial charge in [-0.3, -0.25) is 9.69 Å². The maximum Gasteiger partial charge on any atom is 0.246 e. The largest absolute Gasteiger partial charge is 0.468 e. The first kappa shape index (κ1) is 15.7. The molecule has 5 heteroatoms. The van der Waals surface area contributed by atoms with Gasteiger partial charge in [0.2, 0.25) is 5.91 Å². The van der Waals surface area contributed by atoms with E-state index < -0.39 is 0 Å². The summed E-state index contributed by atoms with van der Waals surface area (Å²) in [7, 11) is 3.90. The molecule has 1 heterocycles. The molecule has 1 aromatic rings. The van der Waals surface area contributed by atoms with E-state index in [1.54, 1.807) is 6.26 Å². The Balaban J connectivity index is 2.43. The fourth-order valence-corrected chi connectivity index (χ4v) is 1.56. The van der Waals surface area contributed by atoms with Crippen molar-refractivity contribution in [2.24, 2.45) is 0 Å². The van der Waals surface area contributed by atoms with Gasteiger partial charge in [-0.15, -0.1) is 0 Å². The first-order valence-corrected chi connectivity index (χ1v) is 6.40. The average molecular weight is 268 g/mol. The van der Waals surface area contributed by atoms with Gasteiger partial charge >= 0.3 is 0 Å². The van der Waals surface area contributed by atoms with Gasteiger partial charge in [0, 0.05) is 6.54 Å². The number of likely N-dealkylation sites (N-methyl/N-ethyl adjacent to an activating group) is 1. The summed E-state index contributed by atoms with van der Waals surface area (Å²) in [5.41, 5.74) is -0.306. The minimum Gasteiger partial charge on any atom is -0.468 e. The highest BCUT2D eigenvalue weighted by Gasteiger charge is 2.18. The average Bonchev–Trinajstić information content (AvgIpc) is 2.78. The van der Waals surface area contributed by atoms with Crippen LogP contribution in [-0.4, -0.2) is 43.7 Å². The van der Waals surface area contributed by atoms with Crippen LogP contribution in [0.1, 0.15) is 32.6 Å². The number of furan rings is 1. The number of nitrogens with one attached hydrogen (secondary N) is 1. The molecule has 0 spiro atoms. The Morgan fingerprint density at radius 3 is 2.63 bits per heavy atom. The van der Waals surface area contributed by atoms with Crippen LogP contribution in [0.2, 0.25) is 0 Å². The lowest BCUT2D eigenvalue weighted by molar-refractivity contribution is -0.130. The van der Waals surface area contributed by atoms with Crippen molar-refractivity contribution in [2.45, 2.75) is 32.4 Å². The summed E-state index contributed by atoms with van der Waals surface area (Å²) < 4.78 is 10.8. The molecular weight excluding hydrogens is 244 g/mol. The van der Waals surface area contributed by atoms with E-state index in [0.717, 1.165) is 5.76 Å². The van der Waals surface area contributed by atoms with Crippen molar-refractivity contribution < 1.29 is 13.9 Å². The summed E-state index contributed by atoms with van der Waals surface area (Å²) in [6.07, 6.45) is 1.64. The molecular formula is C14H24N2O3. The number of nitrogens with zero attached hydrogens (tertiary/aromatic N) is 1. The first-order valence-electron chi connectivity index (χ1n) is 6.40. The molecule has 1 aromatic heterocycles. The van der Waals surface area contributed by atoms with Crippen molar-refractivity contribution in [3.8, 4) is 0 Å². The molecule has 19 heavy (non-hydrogen) atoms. The van der Waals surface area contributed by atoms with Gasteiger partial charge in [0.05, 0.1) is 17.9 Å². The second-order valence-corrected chi connectivity index (χ2v) is 5.70. The molecule has 0 bridgehead atoms. The van der Waals surface area contributed by atoms with Gasteiger partial charge in [-0.25, -0.2) is 0 Å². The van der Waals surface area contributed by atoms with E-state index in [1.807, 2.05) is 51.9 Å². The van der Waals surface area contributed by atoms with Crippen LogP contribution in [0.25, 0.3) is 0 Å². The van der Waals surface area contributed by atoms with Crippen molar-refractivity contribution in [1.29, 1.82) is 0 Å². The maximum absolute atomic E-state index is 11.7. The van der Waals surface area contributed by atoms with E-state index in [4.69, 9.17) is 9.15 Å². The number of ether oxygens (including phenoxy) is 1. The Kier molecular flexibility index (Phi) is 5.57. The molecule has 0 fully saturated rings. The zero-order valence-corrected chi connectivity index (χ0v) is 12.4. The highest BCUT2D eigenvalue weighted by atomic mass is 16.5. The van der Waals surface area contributed by atoms with Crippen molar-refractivity contribution >= 4 is 5.91 Å². The van der Waals surface area contributed by atoms with Crippen LogP contribution < -0.4 is 5.32 Å². The Morgan fingerprint density at radius 1 is 1.47 bits per heavy atom. The van der Waals surface area contributed by atoms with Crippen LogP contribution in [0.5, 0.6) is 0 Å². The monoisotopic (exact) mass is 268 g/mol. The molecule has 1 atom stereocenters. The van der Waals surface area contributed by atoms with Gasteiger partial charge < -0.3 is 14.5 Å². The summed E-state index contributed by atoms with van der Waals surface area (Å²) in [5, 5.41) is 2.86. The maximum atomic E-state index is 11.7. The summed E-state index contributed by atoms with van der Waals surface area (Å²) in [6.45, 7) is 6.33. The van der Waals surface area contributed by atoms with Gasteiger partial charge in [0.25, 0.3) is 0 Å². The number of rotatable bonds is 6. The molecule has 0 radical (unpaired) electrons. The molecule has 1 amide bonds. The van der Waals surface area contributed by atoms with E-state index in [-0.39, 0.29) is 24.2 Å². The van der Waals surface area contributed by atoms with Crippen LogP contribution >= 0.6 is 0 Å². The molecule has 0 saturated heterocycles. The molecule has 0 aliphatic rings. The second kappa shape index (κ2) is 6.73. The van der Waals surface area contributed by atoms with Crippen molar-refractivity contribution in [3.63, 3.8) is 0 Å². The fourth-order valence-electron chi connectivity index (χ4n) is 1.56. The minimum absolute atomic E-state index is 0.0218. The van der Waals surface area contributed by atoms with Crippen LogP contribution in [0, 0.1) is 0 Å². The summed E-state index contributed by atoms with van der Waals surface area (Å²) in [4.78, 5) is 13.7. The summed E-state index contributed by atoms with van der Waals surface area (Å²) in [6, 6.07) is 3.77. The highest BCUT2D eigenvalue weighted by molar-refractivity contribution is 5.77. The quantitative estimate of drug-likeness (QED) is 0.855. The lowest BCUT2D eigenvalue weighted by Gasteiger charge is -2.23. The SMILES string of the molecule is CN(C)C(CNC(=O)COC(C)(C)C)c1ccco1. The van der Waals surface area contributed by atoms with Crippen LogP contribution in [0.15, 0.2) is 22.8 Å². The summed E-state index contributed by atoms with van der Waals surface area (Å²) >= 11 is 0. The molecule has 0 aromatic carbocycles. The number of hydrogen-bond donors (Lipinski definition) is 1. The normalized spacial score (nSPS) is 13.6. The van der Waals surface area contributed by atoms with Crippen LogP contribution in [0.3, 0.4) is 0 Å². The van der Waals surface area contributed by atoms with Gasteiger partial charge in [-0.05, 0) is 47.0 Å². The number of carbonyl (C=O) groups excluding carboxylic acids is 1. The second-order valence-electron chi connectivity index (χ2n) is 5.70. The Morgan fingerprint density at radius 2 is 2.16 bits per heavy atom. The number of carbonyl (C=O) groups is 1. The first-order chi connectivity index (χ1) is 8.79. The third-order valence-electron chi connectivity index (χ3n) is 2.62.